The molecule has 0 heterocycles. The first kappa shape index (κ1) is 17.9. The summed E-state index contributed by atoms with van der Waals surface area (Å²) in [5.41, 5.74) is 1.61. The van der Waals surface area contributed by atoms with Crippen LogP contribution in [-0.4, -0.2) is 32.7 Å². The molecule has 108 valence electrons. The van der Waals surface area contributed by atoms with E-state index < -0.39 is 0 Å². The van der Waals surface area contributed by atoms with Crippen LogP contribution >= 0.6 is 12.4 Å². The standard InChI is InChI=1S/C14H22N2O2.ClH/c1-3-8-15-9-10-16-14(17)13-7-5-4-6-12(13)11-18-2;/h4-7,15H,3,8-11H2,1-2H3,(H,16,17);1H. The highest BCUT2D eigenvalue weighted by molar-refractivity contribution is 5.95. The average Bonchev–Trinajstić information content (AvgIpc) is 2.39. The number of amides is 1. The van der Waals surface area contributed by atoms with Gasteiger partial charge in [-0.15, -0.1) is 12.4 Å². The summed E-state index contributed by atoms with van der Waals surface area (Å²) in [7, 11) is 1.63. The van der Waals surface area contributed by atoms with E-state index in [1.54, 1.807) is 7.11 Å². The van der Waals surface area contributed by atoms with Crippen LogP contribution in [0.5, 0.6) is 0 Å². The van der Waals surface area contributed by atoms with Crippen molar-refractivity contribution in [3.63, 3.8) is 0 Å². The van der Waals surface area contributed by atoms with E-state index in [0.717, 1.165) is 25.1 Å². The predicted octanol–water partition coefficient (Wildman–Crippen LogP) is 1.98. The molecule has 0 fully saturated rings. The molecular formula is C14H23ClN2O2. The molecule has 1 aromatic rings. The fourth-order valence-electron chi connectivity index (χ4n) is 1.68. The van der Waals surface area contributed by atoms with Crippen molar-refractivity contribution in [3.05, 3.63) is 35.4 Å². The number of rotatable bonds is 8. The van der Waals surface area contributed by atoms with Crippen molar-refractivity contribution in [2.24, 2.45) is 0 Å². The van der Waals surface area contributed by atoms with E-state index >= 15 is 0 Å². The van der Waals surface area contributed by atoms with E-state index in [4.69, 9.17) is 4.74 Å². The summed E-state index contributed by atoms with van der Waals surface area (Å²) in [5, 5.41) is 6.14. The van der Waals surface area contributed by atoms with Crippen molar-refractivity contribution < 1.29 is 9.53 Å². The summed E-state index contributed by atoms with van der Waals surface area (Å²) >= 11 is 0. The Hall–Kier alpha value is -1.10. The lowest BCUT2D eigenvalue weighted by Gasteiger charge is -2.09. The summed E-state index contributed by atoms with van der Waals surface area (Å²) in [4.78, 5) is 12.0. The fraction of sp³-hybridized carbons (Fsp3) is 0.500. The van der Waals surface area contributed by atoms with Crippen molar-refractivity contribution in [2.75, 3.05) is 26.7 Å². The molecule has 0 unspecified atom stereocenters. The molecule has 0 bridgehead atoms. The fourth-order valence-corrected chi connectivity index (χ4v) is 1.68. The number of ether oxygens (including phenoxy) is 1. The van der Waals surface area contributed by atoms with Crippen LogP contribution in [0.3, 0.4) is 0 Å². The minimum atomic E-state index is -0.0408. The molecule has 0 aliphatic rings. The second kappa shape index (κ2) is 10.8. The number of carbonyl (C=O) groups excluding carboxylic acids is 1. The van der Waals surface area contributed by atoms with Crippen LogP contribution in [0.15, 0.2) is 24.3 Å². The van der Waals surface area contributed by atoms with Gasteiger partial charge in [0.05, 0.1) is 6.61 Å². The Morgan fingerprint density at radius 2 is 1.95 bits per heavy atom. The van der Waals surface area contributed by atoms with Crippen LogP contribution in [0.2, 0.25) is 0 Å². The molecule has 0 spiro atoms. The second-order valence-electron chi connectivity index (χ2n) is 4.10. The molecule has 1 amide bonds. The first-order valence-electron chi connectivity index (χ1n) is 6.35. The van der Waals surface area contributed by atoms with Gasteiger partial charge >= 0.3 is 0 Å². The third-order valence-corrected chi connectivity index (χ3v) is 2.58. The highest BCUT2D eigenvalue weighted by Crippen LogP contribution is 2.09. The Labute approximate surface area is 121 Å². The molecule has 0 aromatic heterocycles. The van der Waals surface area contributed by atoms with Gasteiger partial charge in [0.2, 0.25) is 0 Å². The zero-order chi connectivity index (χ0) is 13.2. The van der Waals surface area contributed by atoms with Gasteiger partial charge in [0, 0.05) is 25.8 Å². The van der Waals surface area contributed by atoms with E-state index in [1.807, 2.05) is 24.3 Å². The second-order valence-corrected chi connectivity index (χ2v) is 4.10. The van der Waals surface area contributed by atoms with Crippen LogP contribution in [0.25, 0.3) is 0 Å². The highest BCUT2D eigenvalue weighted by Gasteiger charge is 2.09. The Balaban J connectivity index is 0.00000324. The van der Waals surface area contributed by atoms with Gasteiger partial charge in [-0.05, 0) is 24.6 Å². The topological polar surface area (TPSA) is 50.4 Å². The molecule has 0 aliphatic heterocycles. The molecule has 0 aliphatic carbocycles. The molecule has 2 N–H and O–H groups in total. The van der Waals surface area contributed by atoms with Gasteiger partial charge in [-0.1, -0.05) is 25.1 Å². The number of hydrogen-bond donors (Lipinski definition) is 2. The monoisotopic (exact) mass is 286 g/mol. The summed E-state index contributed by atoms with van der Waals surface area (Å²) in [6, 6.07) is 7.51. The van der Waals surface area contributed by atoms with Crippen molar-refractivity contribution in [3.8, 4) is 0 Å². The lowest BCUT2D eigenvalue weighted by atomic mass is 10.1. The number of carbonyl (C=O) groups is 1. The van der Waals surface area contributed by atoms with Crippen LogP contribution in [0.1, 0.15) is 29.3 Å². The van der Waals surface area contributed by atoms with Gasteiger partial charge in [0.15, 0.2) is 0 Å². The van der Waals surface area contributed by atoms with Gasteiger partial charge in [-0.2, -0.15) is 0 Å². The zero-order valence-corrected chi connectivity index (χ0v) is 12.4. The van der Waals surface area contributed by atoms with Crippen molar-refractivity contribution in [2.45, 2.75) is 20.0 Å². The quantitative estimate of drug-likeness (QED) is 0.719. The SMILES string of the molecule is CCCNCCNC(=O)c1ccccc1COC.Cl. The number of nitrogens with one attached hydrogen (secondary N) is 2. The smallest absolute Gasteiger partial charge is 0.251 e. The van der Waals surface area contributed by atoms with Gasteiger partial charge in [0.1, 0.15) is 0 Å². The first-order chi connectivity index (χ1) is 8.79. The summed E-state index contributed by atoms with van der Waals surface area (Å²) in [6.07, 6.45) is 1.10. The minimum absolute atomic E-state index is 0. The van der Waals surface area contributed by atoms with Crippen molar-refractivity contribution in [1.29, 1.82) is 0 Å². The van der Waals surface area contributed by atoms with Crippen molar-refractivity contribution in [1.82, 2.24) is 10.6 Å². The molecule has 1 rings (SSSR count). The van der Waals surface area contributed by atoms with Crippen LogP contribution < -0.4 is 10.6 Å². The van der Waals surface area contributed by atoms with Crippen molar-refractivity contribution >= 4 is 18.3 Å². The van der Waals surface area contributed by atoms with Gasteiger partial charge in [-0.25, -0.2) is 0 Å². The number of halogens is 1. The minimum Gasteiger partial charge on any atom is -0.380 e. The van der Waals surface area contributed by atoms with E-state index in [-0.39, 0.29) is 18.3 Å². The Morgan fingerprint density at radius 3 is 2.63 bits per heavy atom. The van der Waals surface area contributed by atoms with E-state index in [1.165, 1.54) is 0 Å². The molecule has 0 saturated carbocycles. The highest BCUT2D eigenvalue weighted by atomic mass is 35.5. The Bertz CT molecular complexity index is 372. The maximum absolute atomic E-state index is 12.0. The van der Waals surface area contributed by atoms with Crippen LogP contribution in [0.4, 0.5) is 0 Å². The van der Waals surface area contributed by atoms with Gasteiger partial charge < -0.3 is 15.4 Å². The maximum Gasteiger partial charge on any atom is 0.251 e. The third kappa shape index (κ3) is 6.57. The lowest BCUT2D eigenvalue weighted by Crippen LogP contribution is -2.32. The maximum atomic E-state index is 12.0. The third-order valence-electron chi connectivity index (χ3n) is 2.58. The van der Waals surface area contributed by atoms with Crippen LogP contribution in [0, 0.1) is 0 Å². The Morgan fingerprint density at radius 1 is 1.21 bits per heavy atom. The lowest BCUT2D eigenvalue weighted by molar-refractivity contribution is 0.0949. The van der Waals surface area contributed by atoms with E-state index in [9.17, 15) is 4.79 Å². The molecule has 4 nitrogen and oxygen atoms in total. The average molecular weight is 287 g/mol. The summed E-state index contributed by atoms with van der Waals surface area (Å²) < 4.78 is 5.08. The van der Waals surface area contributed by atoms with E-state index in [0.29, 0.717) is 18.7 Å². The largest absolute Gasteiger partial charge is 0.380 e. The predicted molar refractivity (Wildman–Crippen MR) is 79.9 cm³/mol. The molecule has 0 radical (unpaired) electrons. The molecule has 1 aromatic carbocycles. The number of methoxy groups -OCH3 is 1. The van der Waals surface area contributed by atoms with Gasteiger partial charge in [0.25, 0.3) is 5.91 Å². The van der Waals surface area contributed by atoms with Gasteiger partial charge in [-0.3, -0.25) is 4.79 Å². The number of hydrogen-bond acceptors (Lipinski definition) is 3. The first-order valence-corrected chi connectivity index (χ1v) is 6.35. The zero-order valence-electron chi connectivity index (χ0n) is 11.6. The molecule has 0 saturated heterocycles. The molecule has 0 atom stereocenters. The molecular weight excluding hydrogens is 264 g/mol. The number of benzene rings is 1. The van der Waals surface area contributed by atoms with E-state index in [2.05, 4.69) is 17.6 Å². The summed E-state index contributed by atoms with van der Waals surface area (Å²) in [5.74, 6) is -0.0408. The Kier molecular flexibility index (Phi) is 10.2. The molecule has 19 heavy (non-hydrogen) atoms. The van der Waals surface area contributed by atoms with Crippen LogP contribution in [-0.2, 0) is 11.3 Å². The summed E-state index contributed by atoms with van der Waals surface area (Å²) in [6.45, 7) is 4.99. The molecule has 5 heteroatoms. The normalized spacial score (nSPS) is 9.79.